The maximum absolute atomic E-state index is 12.0. The Morgan fingerprint density at radius 3 is 2.91 bits per heavy atom. The van der Waals surface area contributed by atoms with Gasteiger partial charge in [-0.2, -0.15) is 0 Å². The summed E-state index contributed by atoms with van der Waals surface area (Å²) in [5.74, 6) is 1.95. The molecule has 1 aromatic carbocycles. The fraction of sp³-hybridized carbons (Fsp3) is 0.125. The number of nitrogens with zero attached hydrogens (tertiary/aromatic N) is 3. The number of nitrogens with one attached hydrogen (secondary N) is 1. The number of aromatic amines is 1. The zero-order valence-corrected chi connectivity index (χ0v) is 13.9. The number of hydrogen-bond acceptors (Lipinski definition) is 6. The molecule has 0 bridgehead atoms. The number of thiophene rings is 1. The molecule has 0 fully saturated rings. The number of thioether (sulfide) groups is 1. The summed E-state index contributed by atoms with van der Waals surface area (Å²) >= 11 is 2.96. The summed E-state index contributed by atoms with van der Waals surface area (Å²) in [5.41, 5.74) is 1.60. The highest BCUT2D eigenvalue weighted by molar-refractivity contribution is 7.98. The van der Waals surface area contributed by atoms with Crippen molar-refractivity contribution in [1.82, 2.24) is 19.9 Å². The number of hydrogen-bond donors (Lipinski definition) is 1. The van der Waals surface area contributed by atoms with Gasteiger partial charge in [-0.3, -0.25) is 4.79 Å². The number of fused-ring (bicyclic) bond motifs is 2. The fourth-order valence-electron chi connectivity index (χ4n) is 2.40. The van der Waals surface area contributed by atoms with Crippen molar-refractivity contribution in [3.05, 3.63) is 57.7 Å². The molecule has 4 rings (SSSR count). The van der Waals surface area contributed by atoms with Crippen molar-refractivity contribution in [1.29, 1.82) is 0 Å². The average Bonchev–Trinajstić information content (AvgIpc) is 3.01. The molecule has 0 aliphatic carbocycles. The molecule has 5 nitrogen and oxygen atoms in total. The third-order valence-corrected chi connectivity index (χ3v) is 5.29. The van der Waals surface area contributed by atoms with Crippen LogP contribution >= 0.6 is 23.1 Å². The minimum atomic E-state index is -0.0793. The van der Waals surface area contributed by atoms with Crippen LogP contribution in [0.25, 0.3) is 21.1 Å². The predicted octanol–water partition coefficient (Wildman–Crippen LogP) is 3.53. The van der Waals surface area contributed by atoms with Gasteiger partial charge in [-0.05, 0) is 24.4 Å². The minimum absolute atomic E-state index is 0.0793. The summed E-state index contributed by atoms with van der Waals surface area (Å²) in [6.07, 6.45) is 0. The monoisotopic (exact) mass is 340 g/mol. The predicted molar refractivity (Wildman–Crippen MR) is 94.1 cm³/mol. The third-order valence-electron chi connectivity index (χ3n) is 3.39. The van der Waals surface area contributed by atoms with Crippen LogP contribution in [0.4, 0.5) is 0 Å². The molecule has 0 unspecified atom stereocenters. The normalized spacial score (nSPS) is 11.3. The second-order valence-electron chi connectivity index (χ2n) is 5.03. The topological polar surface area (TPSA) is 71.5 Å². The average molecular weight is 340 g/mol. The Morgan fingerprint density at radius 1 is 1.13 bits per heavy atom. The van der Waals surface area contributed by atoms with E-state index in [0.717, 1.165) is 27.3 Å². The summed E-state index contributed by atoms with van der Waals surface area (Å²) in [7, 11) is 0. The maximum Gasteiger partial charge on any atom is 0.268 e. The van der Waals surface area contributed by atoms with Gasteiger partial charge in [0.25, 0.3) is 5.56 Å². The van der Waals surface area contributed by atoms with Gasteiger partial charge in [-0.15, -0.1) is 11.3 Å². The standard InChI is InChI=1S/C16H12N4OS2/c1-9-17-11-5-3-2-4-10(11)16(18-9)23-8-13-19-12-6-7-22-14(12)15(21)20-13/h2-7H,8H2,1H3,(H,19,20,21). The van der Waals surface area contributed by atoms with Crippen LogP contribution in [-0.4, -0.2) is 19.9 Å². The molecule has 114 valence electrons. The number of rotatable bonds is 3. The lowest BCUT2D eigenvalue weighted by Crippen LogP contribution is -2.09. The Hall–Kier alpha value is -2.25. The van der Waals surface area contributed by atoms with Gasteiger partial charge in [0, 0.05) is 5.39 Å². The van der Waals surface area contributed by atoms with Crippen molar-refractivity contribution in [2.75, 3.05) is 0 Å². The Labute approximate surface area is 139 Å². The van der Waals surface area contributed by atoms with Gasteiger partial charge in [-0.25, -0.2) is 15.0 Å². The first-order valence-corrected chi connectivity index (χ1v) is 8.90. The van der Waals surface area contributed by atoms with Crippen LogP contribution in [0.2, 0.25) is 0 Å². The van der Waals surface area contributed by atoms with Gasteiger partial charge in [-0.1, -0.05) is 30.0 Å². The SMILES string of the molecule is Cc1nc(SCc2nc3ccsc3c(=O)[nH]2)c2ccccc2n1. The Morgan fingerprint density at radius 2 is 2.00 bits per heavy atom. The van der Waals surface area contributed by atoms with Gasteiger partial charge in [0.05, 0.1) is 16.8 Å². The molecule has 23 heavy (non-hydrogen) atoms. The molecule has 4 aromatic rings. The summed E-state index contributed by atoms with van der Waals surface area (Å²) < 4.78 is 0.669. The van der Waals surface area contributed by atoms with Crippen molar-refractivity contribution >= 4 is 44.2 Å². The zero-order valence-electron chi connectivity index (χ0n) is 12.2. The van der Waals surface area contributed by atoms with Gasteiger partial charge in [0.1, 0.15) is 21.4 Å². The van der Waals surface area contributed by atoms with E-state index in [2.05, 4.69) is 19.9 Å². The molecule has 7 heteroatoms. The Balaban J connectivity index is 1.69. The van der Waals surface area contributed by atoms with E-state index in [1.165, 1.54) is 11.3 Å². The highest BCUT2D eigenvalue weighted by Gasteiger charge is 2.09. The van der Waals surface area contributed by atoms with E-state index in [4.69, 9.17) is 0 Å². The number of aryl methyl sites for hydroxylation is 1. The molecule has 0 radical (unpaired) electrons. The van der Waals surface area contributed by atoms with E-state index in [1.807, 2.05) is 42.6 Å². The molecule has 3 heterocycles. The van der Waals surface area contributed by atoms with E-state index in [0.29, 0.717) is 16.3 Å². The Bertz CT molecular complexity index is 1070. The van der Waals surface area contributed by atoms with E-state index in [1.54, 1.807) is 11.8 Å². The van der Waals surface area contributed by atoms with Crippen LogP contribution in [0.1, 0.15) is 11.6 Å². The maximum atomic E-state index is 12.0. The molecule has 0 saturated heterocycles. The summed E-state index contributed by atoms with van der Waals surface area (Å²) in [4.78, 5) is 28.3. The zero-order chi connectivity index (χ0) is 15.8. The van der Waals surface area contributed by atoms with Gasteiger partial charge < -0.3 is 4.98 Å². The molecule has 0 aliphatic rings. The van der Waals surface area contributed by atoms with Crippen LogP contribution in [0.15, 0.2) is 45.5 Å². The van der Waals surface area contributed by atoms with Crippen LogP contribution in [0.3, 0.4) is 0 Å². The highest BCUT2D eigenvalue weighted by atomic mass is 32.2. The van der Waals surface area contributed by atoms with Gasteiger partial charge in [0.15, 0.2) is 0 Å². The summed E-state index contributed by atoms with van der Waals surface area (Å²) in [5, 5.41) is 3.80. The van der Waals surface area contributed by atoms with Crippen molar-refractivity contribution in [3.63, 3.8) is 0 Å². The molecular formula is C16H12N4OS2. The Kier molecular flexibility index (Phi) is 3.59. The lowest BCUT2D eigenvalue weighted by atomic mass is 10.2. The van der Waals surface area contributed by atoms with Crippen LogP contribution < -0.4 is 5.56 Å². The molecule has 0 atom stereocenters. The third kappa shape index (κ3) is 2.73. The van der Waals surface area contributed by atoms with Gasteiger partial charge >= 0.3 is 0 Å². The highest BCUT2D eigenvalue weighted by Crippen LogP contribution is 2.27. The fourth-order valence-corrected chi connectivity index (χ4v) is 4.06. The minimum Gasteiger partial charge on any atom is -0.309 e. The first-order valence-electron chi connectivity index (χ1n) is 7.03. The second-order valence-corrected chi connectivity index (χ2v) is 6.91. The molecular weight excluding hydrogens is 328 g/mol. The van der Waals surface area contributed by atoms with E-state index in [9.17, 15) is 4.79 Å². The summed E-state index contributed by atoms with van der Waals surface area (Å²) in [6.45, 7) is 1.88. The van der Waals surface area contributed by atoms with E-state index in [-0.39, 0.29) is 5.56 Å². The van der Waals surface area contributed by atoms with Crippen LogP contribution in [0.5, 0.6) is 0 Å². The molecule has 0 saturated carbocycles. The van der Waals surface area contributed by atoms with Crippen molar-refractivity contribution in [2.24, 2.45) is 0 Å². The number of aromatic nitrogens is 4. The number of para-hydroxylation sites is 1. The quantitative estimate of drug-likeness (QED) is 0.456. The van der Waals surface area contributed by atoms with Crippen molar-refractivity contribution in [2.45, 2.75) is 17.7 Å². The lowest BCUT2D eigenvalue weighted by Gasteiger charge is -2.06. The largest absolute Gasteiger partial charge is 0.309 e. The number of benzene rings is 1. The number of H-pyrrole nitrogens is 1. The van der Waals surface area contributed by atoms with Crippen LogP contribution in [0, 0.1) is 6.92 Å². The summed E-state index contributed by atoms with van der Waals surface area (Å²) in [6, 6.07) is 9.80. The second kappa shape index (κ2) is 5.75. The molecule has 0 spiro atoms. The first kappa shape index (κ1) is 14.3. The van der Waals surface area contributed by atoms with Gasteiger partial charge in [0.2, 0.25) is 0 Å². The smallest absolute Gasteiger partial charge is 0.268 e. The molecule has 3 aromatic heterocycles. The van der Waals surface area contributed by atoms with Crippen molar-refractivity contribution < 1.29 is 0 Å². The van der Waals surface area contributed by atoms with Crippen LogP contribution in [-0.2, 0) is 5.75 Å². The molecule has 1 N–H and O–H groups in total. The molecule has 0 amide bonds. The van der Waals surface area contributed by atoms with Crippen molar-refractivity contribution in [3.8, 4) is 0 Å². The van der Waals surface area contributed by atoms with E-state index < -0.39 is 0 Å². The molecule has 0 aliphatic heterocycles. The lowest BCUT2D eigenvalue weighted by molar-refractivity contribution is 1.00. The van der Waals surface area contributed by atoms with E-state index >= 15 is 0 Å². The first-order chi connectivity index (χ1) is 11.2.